The predicted molar refractivity (Wildman–Crippen MR) is 64.9 cm³/mol. The zero-order chi connectivity index (χ0) is 13.5. The van der Waals surface area contributed by atoms with Gasteiger partial charge in [0.1, 0.15) is 5.75 Å². The van der Waals surface area contributed by atoms with Crippen LogP contribution in [0.3, 0.4) is 0 Å². The maximum Gasteiger partial charge on any atom is 0.387 e. The second-order valence-electron chi connectivity index (χ2n) is 3.66. The average molecular weight is 258 g/mol. The Kier molecular flexibility index (Phi) is 5.35. The van der Waals surface area contributed by atoms with Gasteiger partial charge in [-0.1, -0.05) is 0 Å². The maximum atomic E-state index is 11.9. The summed E-state index contributed by atoms with van der Waals surface area (Å²) in [6, 6.07) is 6.00. The van der Waals surface area contributed by atoms with Crippen molar-refractivity contribution in [2.45, 2.75) is 13.5 Å². The number of likely N-dealkylation sites (N-methyl/N-ethyl adjacent to an activating group) is 1. The number of ether oxygens (including phenoxy) is 1. The fourth-order valence-electron chi connectivity index (χ4n) is 1.24. The number of amides is 1. The van der Waals surface area contributed by atoms with Crippen LogP contribution in [0.15, 0.2) is 24.3 Å². The minimum atomic E-state index is -2.83. The molecule has 1 aromatic rings. The Labute approximate surface area is 105 Å². The molecule has 0 fully saturated rings. The highest BCUT2D eigenvalue weighted by Gasteiger charge is 2.06. The third-order valence-corrected chi connectivity index (χ3v) is 2.42. The molecule has 0 spiro atoms. The Balaban J connectivity index is 2.46. The SMILES string of the molecule is CCN(C)C(=O)CNc1ccc(OC(F)F)cc1. The summed E-state index contributed by atoms with van der Waals surface area (Å²) < 4.78 is 28.0. The van der Waals surface area contributed by atoms with E-state index in [4.69, 9.17) is 0 Å². The van der Waals surface area contributed by atoms with Gasteiger partial charge < -0.3 is 15.0 Å². The molecule has 4 nitrogen and oxygen atoms in total. The van der Waals surface area contributed by atoms with Crippen molar-refractivity contribution in [2.24, 2.45) is 0 Å². The zero-order valence-electron chi connectivity index (χ0n) is 10.3. The van der Waals surface area contributed by atoms with Crippen LogP contribution in [0, 0.1) is 0 Å². The van der Waals surface area contributed by atoms with Crippen molar-refractivity contribution in [2.75, 3.05) is 25.5 Å². The molecular weight excluding hydrogens is 242 g/mol. The maximum absolute atomic E-state index is 11.9. The summed E-state index contributed by atoms with van der Waals surface area (Å²) in [6.45, 7) is -0.140. The number of hydrogen-bond acceptors (Lipinski definition) is 3. The number of nitrogens with one attached hydrogen (secondary N) is 1. The highest BCUT2D eigenvalue weighted by Crippen LogP contribution is 2.17. The molecule has 0 aliphatic heterocycles. The molecule has 6 heteroatoms. The highest BCUT2D eigenvalue weighted by molar-refractivity contribution is 5.80. The van der Waals surface area contributed by atoms with Crippen molar-refractivity contribution in [1.82, 2.24) is 4.90 Å². The van der Waals surface area contributed by atoms with Crippen molar-refractivity contribution in [1.29, 1.82) is 0 Å². The van der Waals surface area contributed by atoms with Gasteiger partial charge >= 0.3 is 6.61 Å². The summed E-state index contributed by atoms with van der Waals surface area (Å²) in [6.07, 6.45) is 0. The zero-order valence-corrected chi connectivity index (χ0v) is 10.3. The first kappa shape index (κ1) is 14.2. The van der Waals surface area contributed by atoms with Crippen molar-refractivity contribution in [3.63, 3.8) is 0 Å². The molecule has 1 N–H and O–H groups in total. The van der Waals surface area contributed by atoms with Crippen LogP contribution < -0.4 is 10.1 Å². The molecule has 0 unspecified atom stereocenters. The molecule has 0 radical (unpaired) electrons. The minimum absolute atomic E-state index is 0.0367. The minimum Gasteiger partial charge on any atom is -0.435 e. The second-order valence-corrected chi connectivity index (χ2v) is 3.66. The van der Waals surface area contributed by atoms with Gasteiger partial charge in [-0.15, -0.1) is 0 Å². The second kappa shape index (κ2) is 6.78. The predicted octanol–water partition coefficient (Wildman–Crippen LogP) is 2.18. The first-order valence-electron chi connectivity index (χ1n) is 5.55. The first-order valence-corrected chi connectivity index (χ1v) is 5.55. The van der Waals surface area contributed by atoms with Crippen LogP contribution in [0.1, 0.15) is 6.92 Å². The van der Waals surface area contributed by atoms with E-state index < -0.39 is 6.61 Å². The molecule has 0 saturated heterocycles. The Hall–Kier alpha value is -1.85. The summed E-state index contributed by atoms with van der Waals surface area (Å²) in [7, 11) is 1.71. The molecule has 0 aromatic heterocycles. The van der Waals surface area contributed by atoms with E-state index in [1.54, 1.807) is 24.1 Å². The molecule has 0 saturated carbocycles. The number of alkyl halides is 2. The van der Waals surface area contributed by atoms with E-state index >= 15 is 0 Å². The molecule has 0 heterocycles. The molecule has 0 aliphatic rings. The number of halogens is 2. The molecule has 0 atom stereocenters. The van der Waals surface area contributed by atoms with Crippen LogP contribution in [-0.2, 0) is 4.79 Å². The van der Waals surface area contributed by atoms with Crippen LogP contribution in [0.4, 0.5) is 14.5 Å². The van der Waals surface area contributed by atoms with Crippen molar-refractivity contribution < 1.29 is 18.3 Å². The van der Waals surface area contributed by atoms with Crippen LogP contribution >= 0.6 is 0 Å². The number of rotatable bonds is 6. The van der Waals surface area contributed by atoms with E-state index in [0.29, 0.717) is 12.2 Å². The summed E-state index contributed by atoms with van der Waals surface area (Å²) >= 11 is 0. The molecule has 0 aliphatic carbocycles. The quantitative estimate of drug-likeness (QED) is 0.850. The molecule has 18 heavy (non-hydrogen) atoms. The largest absolute Gasteiger partial charge is 0.435 e. The number of carbonyl (C=O) groups is 1. The lowest BCUT2D eigenvalue weighted by Gasteiger charge is -2.15. The van der Waals surface area contributed by atoms with Gasteiger partial charge in [0.05, 0.1) is 6.54 Å². The monoisotopic (exact) mass is 258 g/mol. The van der Waals surface area contributed by atoms with E-state index in [2.05, 4.69) is 10.1 Å². The topological polar surface area (TPSA) is 41.6 Å². The Morgan fingerprint density at radius 3 is 2.50 bits per heavy atom. The van der Waals surface area contributed by atoms with Crippen LogP contribution in [0.2, 0.25) is 0 Å². The van der Waals surface area contributed by atoms with E-state index in [0.717, 1.165) is 0 Å². The molecule has 100 valence electrons. The standard InChI is InChI=1S/C12H16F2N2O2/c1-3-16(2)11(17)8-15-9-4-6-10(7-5-9)18-12(13)14/h4-7,12,15H,3,8H2,1-2H3. The lowest BCUT2D eigenvalue weighted by Crippen LogP contribution is -2.31. The van der Waals surface area contributed by atoms with Crippen LogP contribution in [0.25, 0.3) is 0 Å². The van der Waals surface area contributed by atoms with E-state index in [-0.39, 0.29) is 18.2 Å². The molecular formula is C12H16F2N2O2. The van der Waals surface area contributed by atoms with Crippen molar-refractivity contribution in [3.05, 3.63) is 24.3 Å². The molecule has 1 aromatic carbocycles. The van der Waals surface area contributed by atoms with E-state index in [1.165, 1.54) is 12.1 Å². The summed E-state index contributed by atoms with van der Waals surface area (Å²) in [5.74, 6) is 0.0537. The van der Waals surface area contributed by atoms with E-state index in [1.807, 2.05) is 6.92 Å². The van der Waals surface area contributed by atoms with Gasteiger partial charge in [0.2, 0.25) is 5.91 Å². The van der Waals surface area contributed by atoms with Crippen molar-refractivity contribution >= 4 is 11.6 Å². The Morgan fingerprint density at radius 1 is 1.39 bits per heavy atom. The van der Waals surface area contributed by atoms with Gasteiger partial charge in [-0.05, 0) is 31.2 Å². The third-order valence-electron chi connectivity index (χ3n) is 2.42. The Bertz CT molecular complexity index is 382. The van der Waals surface area contributed by atoms with Crippen LogP contribution in [-0.4, -0.2) is 37.6 Å². The van der Waals surface area contributed by atoms with Crippen LogP contribution in [0.5, 0.6) is 5.75 Å². The summed E-state index contributed by atoms with van der Waals surface area (Å²) in [4.78, 5) is 13.1. The Morgan fingerprint density at radius 2 is 2.00 bits per heavy atom. The number of benzene rings is 1. The highest BCUT2D eigenvalue weighted by atomic mass is 19.3. The fourth-order valence-corrected chi connectivity index (χ4v) is 1.24. The van der Waals surface area contributed by atoms with Gasteiger partial charge in [-0.25, -0.2) is 0 Å². The molecule has 0 bridgehead atoms. The van der Waals surface area contributed by atoms with Gasteiger partial charge in [-0.3, -0.25) is 4.79 Å². The lowest BCUT2D eigenvalue weighted by atomic mass is 10.3. The van der Waals surface area contributed by atoms with Gasteiger partial charge in [0, 0.05) is 19.3 Å². The molecule has 1 rings (SSSR count). The summed E-state index contributed by atoms with van der Waals surface area (Å²) in [5, 5.41) is 2.91. The summed E-state index contributed by atoms with van der Waals surface area (Å²) in [5.41, 5.74) is 0.675. The van der Waals surface area contributed by atoms with E-state index in [9.17, 15) is 13.6 Å². The van der Waals surface area contributed by atoms with Gasteiger partial charge in [0.15, 0.2) is 0 Å². The number of anilines is 1. The normalized spacial score (nSPS) is 10.3. The smallest absolute Gasteiger partial charge is 0.387 e. The average Bonchev–Trinajstić information content (AvgIpc) is 2.36. The fraction of sp³-hybridized carbons (Fsp3) is 0.417. The third kappa shape index (κ3) is 4.57. The number of nitrogens with zero attached hydrogens (tertiary/aromatic N) is 1. The van der Waals surface area contributed by atoms with Gasteiger partial charge in [-0.2, -0.15) is 8.78 Å². The van der Waals surface area contributed by atoms with Crippen molar-refractivity contribution in [3.8, 4) is 5.75 Å². The number of carbonyl (C=O) groups excluding carboxylic acids is 1. The molecule has 1 amide bonds. The number of hydrogen-bond donors (Lipinski definition) is 1. The lowest BCUT2D eigenvalue weighted by molar-refractivity contribution is -0.127. The van der Waals surface area contributed by atoms with Gasteiger partial charge in [0.25, 0.3) is 0 Å². The first-order chi connectivity index (χ1) is 8.52.